The zero-order chi connectivity index (χ0) is 12.3. The monoisotopic (exact) mass is 260 g/mol. The lowest BCUT2D eigenvalue weighted by Crippen LogP contribution is -2.19. The molecule has 3 nitrogen and oxygen atoms in total. The van der Waals surface area contributed by atoms with E-state index in [-0.39, 0.29) is 16.6 Å². The van der Waals surface area contributed by atoms with Crippen LogP contribution in [0, 0.1) is 0 Å². The van der Waals surface area contributed by atoms with E-state index in [4.69, 9.17) is 11.6 Å². The fraction of sp³-hybridized carbons (Fsp3) is 0.364. The molecule has 0 aromatic heterocycles. The molecule has 0 heterocycles. The number of carbonyl (C=O) groups is 1. The van der Waals surface area contributed by atoms with Crippen molar-refractivity contribution in [2.24, 2.45) is 0 Å². The Morgan fingerprint density at radius 1 is 1.50 bits per heavy atom. The van der Waals surface area contributed by atoms with Gasteiger partial charge in [-0.05, 0) is 24.6 Å². The Morgan fingerprint density at radius 2 is 2.12 bits per heavy atom. The summed E-state index contributed by atoms with van der Waals surface area (Å²) in [7, 11) is 0. The summed E-state index contributed by atoms with van der Waals surface area (Å²) in [5.41, 5.74) is 0.870. The van der Waals surface area contributed by atoms with Crippen molar-refractivity contribution in [1.82, 2.24) is 0 Å². The molecule has 0 spiro atoms. The third-order valence-electron chi connectivity index (χ3n) is 2.27. The minimum absolute atomic E-state index is 0.138. The Kier molecular flexibility index (Phi) is 4.80. The van der Waals surface area contributed by atoms with Crippen molar-refractivity contribution in [2.45, 2.75) is 19.1 Å². The highest BCUT2D eigenvalue weighted by Gasteiger charge is 2.18. The van der Waals surface area contributed by atoms with Crippen LogP contribution < -0.4 is 0 Å². The quantitative estimate of drug-likeness (QED) is 0.572. The highest BCUT2D eigenvalue weighted by Crippen LogP contribution is 2.24. The molecule has 1 aromatic rings. The summed E-state index contributed by atoms with van der Waals surface area (Å²) >= 11 is 9.77. The van der Waals surface area contributed by atoms with Gasteiger partial charge in [-0.15, -0.1) is 0 Å². The maximum atomic E-state index is 11.1. The molecule has 16 heavy (non-hydrogen) atoms. The van der Waals surface area contributed by atoms with Crippen LogP contribution in [-0.4, -0.2) is 27.9 Å². The summed E-state index contributed by atoms with van der Waals surface area (Å²) in [5, 5.41) is 19.4. The van der Waals surface area contributed by atoms with E-state index in [1.807, 2.05) is 0 Å². The largest absolute Gasteiger partial charge is 0.389 e. The number of rotatable bonds is 4. The number of halogens is 1. The first-order valence-electron chi connectivity index (χ1n) is 4.74. The number of Topliss-reactive ketones (excluding diaryl/α,β-unsaturated/α-hetero) is 1. The Labute approximate surface area is 104 Å². The minimum Gasteiger partial charge on any atom is -0.389 e. The second kappa shape index (κ2) is 5.68. The van der Waals surface area contributed by atoms with Gasteiger partial charge in [0, 0.05) is 11.3 Å². The first-order chi connectivity index (χ1) is 7.47. The highest BCUT2D eigenvalue weighted by atomic mass is 35.5. The van der Waals surface area contributed by atoms with Crippen LogP contribution >= 0.6 is 24.2 Å². The smallest absolute Gasteiger partial charge is 0.161 e. The molecule has 2 N–H and O–H groups in total. The average molecular weight is 261 g/mol. The van der Waals surface area contributed by atoms with Crippen molar-refractivity contribution in [1.29, 1.82) is 0 Å². The molecule has 1 rings (SSSR count). The van der Waals surface area contributed by atoms with E-state index in [9.17, 15) is 15.0 Å². The van der Waals surface area contributed by atoms with E-state index in [0.29, 0.717) is 11.1 Å². The molecule has 0 bridgehead atoms. The Morgan fingerprint density at radius 3 is 2.56 bits per heavy atom. The van der Waals surface area contributed by atoms with Gasteiger partial charge in [-0.25, -0.2) is 0 Å². The van der Waals surface area contributed by atoms with Crippen molar-refractivity contribution in [3.05, 3.63) is 34.3 Å². The van der Waals surface area contributed by atoms with E-state index in [0.717, 1.165) is 0 Å². The zero-order valence-electron chi connectivity index (χ0n) is 8.72. The van der Waals surface area contributed by atoms with Gasteiger partial charge >= 0.3 is 0 Å². The number of hydrogen-bond donors (Lipinski definition) is 3. The predicted octanol–water partition coefficient (Wildman–Crippen LogP) is 1.87. The molecule has 2 unspecified atom stereocenters. The van der Waals surface area contributed by atoms with Gasteiger partial charge < -0.3 is 10.2 Å². The maximum absolute atomic E-state index is 11.1. The second-order valence-corrected chi connectivity index (χ2v) is 4.26. The van der Waals surface area contributed by atoms with Crippen LogP contribution in [0.25, 0.3) is 0 Å². The highest BCUT2D eigenvalue weighted by molar-refractivity contribution is 7.80. The zero-order valence-corrected chi connectivity index (χ0v) is 10.4. The Bertz CT molecular complexity index is 395. The third-order valence-corrected chi connectivity index (χ3v) is 2.95. The van der Waals surface area contributed by atoms with Crippen molar-refractivity contribution in [3.63, 3.8) is 0 Å². The van der Waals surface area contributed by atoms with Gasteiger partial charge in [0.2, 0.25) is 0 Å². The lowest BCUT2D eigenvalue weighted by Gasteiger charge is -2.16. The SMILES string of the molecule is CC(=O)c1ccc(C(O)C(O)CS)cc1Cl. The summed E-state index contributed by atoms with van der Waals surface area (Å²) in [6.07, 6.45) is -2.00. The van der Waals surface area contributed by atoms with E-state index in [1.54, 1.807) is 6.07 Å². The third kappa shape index (κ3) is 2.98. The number of hydrogen-bond acceptors (Lipinski definition) is 4. The van der Waals surface area contributed by atoms with Gasteiger partial charge in [-0.2, -0.15) is 12.6 Å². The van der Waals surface area contributed by atoms with Crippen molar-refractivity contribution in [3.8, 4) is 0 Å². The lowest BCUT2D eigenvalue weighted by molar-refractivity contribution is 0.0337. The fourth-order valence-electron chi connectivity index (χ4n) is 1.32. The van der Waals surface area contributed by atoms with Crippen LogP contribution in [0.2, 0.25) is 5.02 Å². The molecule has 0 radical (unpaired) electrons. The number of carbonyl (C=O) groups excluding carboxylic acids is 1. The van der Waals surface area contributed by atoms with E-state index in [2.05, 4.69) is 12.6 Å². The van der Waals surface area contributed by atoms with Gasteiger partial charge in [-0.1, -0.05) is 17.7 Å². The molecule has 1 aromatic carbocycles. The standard InChI is InChI=1S/C11H13ClO3S/c1-6(13)8-3-2-7(4-9(8)12)11(15)10(14)5-16/h2-4,10-11,14-16H,5H2,1H3. The van der Waals surface area contributed by atoms with E-state index >= 15 is 0 Å². The summed E-state index contributed by atoms with van der Waals surface area (Å²) < 4.78 is 0. The van der Waals surface area contributed by atoms with Crippen LogP contribution in [-0.2, 0) is 0 Å². The molecule has 0 saturated heterocycles. The Hall–Kier alpha value is -0.550. The molecular formula is C11H13ClO3S. The summed E-state index contributed by atoms with van der Waals surface area (Å²) in [6, 6.07) is 4.59. The molecule has 0 aliphatic heterocycles. The van der Waals surface area contributed by atoms with Crippen molar-refractivity contribution < 1.29 is 15.0 Å². The maximum Gasteiger partial charge on any atom is 0.161 e. The number of benzene rings is 1. The van der Waals surface area contributed by atoms with Crippen LogP contribution in [0.5, 0.6) is 0 Å². The number of aliphatic hydroxyl groups excluding tert-OH is 2. The number of aliphatic hydroxyl groups is 2. The van der Waals surface area contributed by atoms with Gasteiger partial charge in [-0.3, -0.25) is 4.79 Å². The van der Waals surface area contributed by atoms with Crippen LogP contribution in [0.15, 0.2) is 18.2 Å². The van der Waals surface area contributed by atoms with Crippen LogP contribution in [0.4, 0.5) is 0 Å². The van der Waals surface area contributed by atoms with E-state index in [1.165, 1.54) is 19.1 Å². The molecule has 88 valence electrons. The number of ketones is 1. The van der Waals surface area contributed by atoms with E-state index < -0.39 is 12.2 Å². The van der Waals surface area contributed by atoms with Crippen molar-refractivity contribution >= 4 is 30.0 Å². The fourth-order valence-corrected chi connectivity index (χ4v) is 1.84. The van der Waals surface area contributed by atoms with Crippen LogP contribution in [0.1, 0.15) is 28.9 Å². The molecule has 0 saturated carbocycles. The summed E-state index contributed by atoms with van der Waals surface area (Å²) in [6.45, 7) is 1.42. The van der Waals surface area contributed by atoms with Gasteiger partial charge in [0.1, 0.15) is 6.10 Å². The summed E-state index contributed by atoms with van der Waals surface area (Å²) in [4.78, 5) is 11.1. The first-order valence-corrected chi connectivity index (χ1v) is 5.75. The molecule has 5 heteroatoms. The van der Waals surface area contributed by atoms with Crippen molar-refractivity contribution in [2.75, 3.05) is 5.75 Å². The molecule has 0 aliphatic rings. The van der Waals surface area contributed by atoms with Gasteiger partial charge in [0.05, 0.1) is 11.1 Å². The molecule has 2 atom stereocenters. The lowest BCUT2D eigenvalue weighted by atomic mass is 10.0. The molecule has 0 aliphatic carbocycles. The average Bonchev–Trinajstić information content (AvgIpc) is 2.26. The molecular weight excluding hydrogens is 248 g/mol. The second-order valence-electron chi connectivity index (χ2n) is 3.49. The Balaban J connectivity index is 3.01. The topological polar surface area (TPSA) is 57.5 Å². The summed E-state index contributed by atoms with van der Waals surface area (Å²) in [5.74, 6) is 0.00791. The van der Waals surface area contributed by atoms with Crippen LogP contribution in [0.3, 0.4) is 0 Å². The predicted molar refractivity (Wildman–Crippen MR) is 66.3 cm³/mol. The van der Waals surface area contributed by atoms with Gasteiger partial charge in [0.15, 0.2) is 5.78 Å². The molecule has 0 fully saturated rings. The number of thiol groups is 1. The first kappa shape index (κ1) is 13.5. The normalized spacial score (nSPS) is 14.6. The minimum atomic E-state index is -1.05. The van der Waals surface area contributed by atoms with Gasteiger partial charge in [0.25, 0.3) is 0 Å². The molecule has 0 amide bonds.